The number of nitrogens with zero attached hydrogens (tertiary/aromatic N) is 1. The Morgan fingerprint density at radius 2 is 1.67 bits per heavy atom. The maximum absolute atomic E-state index is 12.4. The summed E-state index contributed by atoms with van der Waals surface area (Å²) in [5.41, 5.74) is 0. The summed E-state index contributed by atoms with van der Waals surface area (Å²) in [7, 11) is 0. The molecular formula is C14H21F3N2O2. The normalized spacial score (nSPS) is 24.7. The predicted molar refractivity (Wildman–Crippen MR) is 70.4 cm³/mol. The highest BCUT2D eigenvalue weighted by Crippen LogP contribution is 2.24. The molecule has 1 saturated heterocycles. The fourth-order valence-electron chi connectivity index (χ4n) is 3.12. The molecule has 0 aromatic carbocycles. The van der Waals surface area contributed by atoms with Gasteiger partial charge >= 0.3 is 12.1 Å². The van der Waals surface area contributed by atoms with E-state index in [1.807, 2.05) is 0 Å². The van der Waals surface area contributed by atoms with Gasteiger partial charge in [-0.15, -0.1) is 0 Å². The van der Waals surface area contributed by atoms with Gasteiger partial charge in [-0.05, 0) is 25.7 Å². The van der Waals surface area contributed by atoms with Crippen LogP contribution in [0.2, 0.25) is 0 Å². The molecule has 1 atom stereocenters. The van der Waals surface area contributed by atoms with E-state index in [0.717, 1.165) is 30.6 Å². The minimum absolute atomic E-state index is 0.0750. The molecule has 0 aromatic heterocycles. The van der Waals surface area contributed by atoms with Crippen LogP contribution in [0.25, 0.3) is 0 Å². The molecule has 4 nitrogen and oxygen atoms in total. The van der Waals surface area contributed by atoms with E-state index in [9.17, 15) is 22.8 Å². The molecule has 2 rings (SSSR count). The van der Waals surface area contributed by atoms with Gasteiger partial charge in [-0.1, -0.05) is 19.3 Å². The molecule has 120 valence electrons. The van der Waals surface area contributed by atoms with Crippen molar-refractivity contribution in [2.75, 3.05) is 13.1 Å². The Bertz CT molecular complexity index is 392. The number of halogens is 3. The van der Waals surface area contributed by atoms with Crippen molar-refractivity contribution in [3.05, 3.63) is 0 Å². The second kappa shape index (κ2) is 6.66. The van der Waals surface area contributed by atoms with Gasteiger partial charge in [0.25, 0.3) is 0 Å². The number of amides is 2. The van der Waals surface area contributed by atoms with E-state index < -0.39 is 18.0 Å². The molecule has 21 heavy (non-hydrogen) atoms. The summed E-state index contributed by atoms with van der Waals surface area (Å²) >= 11 is 0. The smallest absolute Gasteiger partial charge is 0.353 e. The van der Waals surface area contributed by atoms with E-state index in [1.54, 1.807) is 0 Å². The Kier molecular flexibility index (Phi) is 5.11. The molecule has 1 heterocycles. The van der Waals surface area contributed by atoms with Crippen molar-refractivity contribution in [3.63, 3.8) is 0 Å². The molecule has 0 bridgehead atoms. The monoisotopic (exact) mass is 306 g/mol. The minimum Gasteiger partial charge on any atom is -0.353 e. The van der Waals surface area contributed by atoms with Crippen LogP contribution in [0.15, 0.2) is 0 Å². The highest BCUT2D eigenvalue weighted by atomic mass is 19.4. The standard InChI is InChI=1S/C14H21F3N2O2/c15-14(16,17)13(21)19-8-4-5-10(9-19)12(20)18-11-6-2-1-3-7-11/h10-11H,1-9H2,(H,18,20). The fraction of sp³-hybridized carbons (Fsp3) is 0.857. The quantitative estimate of drug-likeness (QED) is 0.850. The Labute approximate surface area is 122 Å². The summed E-state index contributed by atoms with van der Waals surface area (Å²) in [5, 5.41) is 2.93. The van der Waals surface area contributed by atoms with Crippen LogP contribution in [0.3, 0.4) is 0 Å². The number of hydrogen-bond donors (Lipinski definition) is 1. The lowest BCUT2D eigenvalue weighted by Crippen LogP contribution is -2.50. The van der Waals surface area contributed by atoms with Crippen molar-refractivity contribution >= 4 is 11.8 Å². The van der Waals surface area contributed by atoms with Crippen LogP contribution >= 0.6 is 0 Å². The first-order valence-corrected chi connectivity index (χ1v) is 7.54. The second-order valence-corrected chi connectivity index (χ2v) is 5.93. The highest BCUT2D eigenvalue weighted by Gasteiger charge is 2.44. The molecule has 2 amide bonds. The molecule has 0 radical (unpaired) electrons. The third kappa shape index (κ3) is 4.35. The molecule has 7 heteroatoms. The number of likely N-dealkylation sites (tertiary alicyclic amines) is 1. The number of rotatable bonds is 2. The first kappa shape index (κ1) is 16.1. The van der Waals surface area contributed by atoms with Crippen LogP contribution in [-0.2, 0) is 9.59 Å². The van der Waals surface area contributed by atoms with Gasteiger partial charge in [0.1, 0.15) is 0 Å². The molecule has 1 aliphatic heterocycles. The van der Waals surface area contributed by atoms with Gasteiger partial charge in [0.15, 0.2) is 0 Å². The van der Waals surface area contributed by atoms with E-state index in [2.05, 4.69) is 5.32 Å². The van der Waals surface area contributed by atoms with Crippen LogP contribution in [0.1, 0.15) is 44.9 Å². The van der Waals surface area contributed by atoms with Crippen LogP contribution in [0, 0.1) is 5.92 Å². The number of alkyl halides is 3. The third-order valence-electron chi connectivity index (χ3n) is 4.27. The summed E-state index contributed by atoms with van der Waals surface area (Å²) in [6, 6.07) is 0.139. The van der Waals surface area contributed by atoms with Crippen molar-refractivity contribution in [2.24, 2.45) is 5.92 Å². The molecule has 2 aliphatic rings. The Balaban J connectivity index is 1.88. The van der Waals surface area contributed by atoms with Crippen LogP contribution in [0.4, 0.5) is 13.2 Å². The first-order chi connectivity index (χ1) is 9.88. The summed E-state index contributed by atoms with van der Waals surface area (Å²) in [5.74, 6) is -2.56. The lowest BCUT2D eigenvalue weighted by atomic mass is 9.93. The van der Waals surface area contributed by atoms with Crippen LogP contribution < -0.4 is 5.32 Å². The van der Waals surface area contributed by atoms with Crippen molar-refractivity contribution in [1.82, 2.24) is 10.2 Å². The third-order valence-corrected chi connectivity index (χ3v) is 4.27. The topological polar surface area (TPSA) is 49.4 Å². The number of carbonyl (C=O) groups excluding carboxylic acids is 2. The van der Waals surface area contributed by atoms with Gasteiger partial charge in [0, 0.05) is 19.1 Å². The SMILES string of the molecule is O=C(NC1CCCCC1)C1CCCN(C(=O)C(F)(F)F)C1. The maximum Gasteiger partial charge on any atom is 0.471 e. The van der Waals surface area contributed by atoms with Gasteiger partial charge in [-0.3, -0.25) is 9.59 Å². The molecule has 0 aromatic rings. The van der Waals surface area contributed by atoms with E-state index >= 15 is 0 Å². The molecule has 2 fully saturated rings. The summed E-state index contributed by atoms with van der Waals surface area (Å²) in [4.78, 5) is 24.2. The van der Waals surface area contributed by atoms with E-state index in [1.165, 1.54) is 6.42 Å². The number of carbonyl (C=O) groups is 2. The first-order valence-electron chi connectivity index (χ1n) is 7.54. The molecule has 1 N–H and O–H groups in total. The summed E-state index contributed by atoms with van der Waals surface area (Å²) < 4.78 is 37.3. The summed E-state index contributed by atoms with van der Waals surface area (Å²) in [6.07, 6.45) is 1.31. The molecule has 0 spiro atoms. The molecular weight excluding hydrogens is 285 g/mol. The molecule has 1 unspecified atom stereocenters. The Hall–Kier alpha value is -1.27. The van der Waals surface area contributed by atoms with Gasteiger partial charge in [-0.25, -0.2) is 0 Å². The lowest BCUT2D eigenvalue weighted by molar-refractivity contribution is -0.187. The van der Waals surface area contributed by atoms with Crippen molar-refractivity contribution in [3.8, 4) is 0 Å². The average Bonchev–Trinajstić information content (AvgIpc) is 2.46. The van der Waals surface area contributed by atoms with E-state index in [0.29, 0.717) is 12.8 Å². The zero-order chi connectivity index (χ0) is 15.5. The van der Waals surface area contributed by atoms with Gasteiger partial charge in [-0.2, -0.15) is 13.2 Å². The van der Waals surface area contributed by atoms with Crippen LogP contribution in [-0.4, -0.2) is 42.0 Å². The highest BCUT2D eigenvalue weighted by molar-refractivity contribution is 5.84. The number of piperidine rings is 1. The van der Waals surface area contributed by atoms with Gasteiger partial charge in [0.05, 0.1) is 5.92 Å². The predicted octanol–water partition coefficient (Wildman–Crippen LogP) is 2.24. The average molecular weight is 306 g/mol. The van der Waals surface area contributed by atoms with E-state index in [-0.39, 0.29) is 25.0 Å². The van der Waals surface area contributed by atoms with Crippen molar-refractivity contribution < 1.29 is 22.8 Å². The fourth-order valence-corrected chi connectivity index (χ4v) is 3.12. The Morgan fingerprint density at radius 3 is 2.29 bits per heavy atom. The minimum atomic E-state index is -4.86. The van der Waals surface area contributed by atoms with Gasteiger partial charge < -0.3 is 10.2 Å². The van der Waals surface area contributed by atoms with Crippen molar-refractivity contribution in [2.45, 2.75) is 57.2 Å². The largest absolute Gasteiger partial charge is 0.471 e. The zero-order valence-corrected chi connectivity index (χ0v) is 11.9. The summed E-state index contributed by atoms with van der Waals surface area (Å²) in [6.45, 7) is -0.0531. The molecule has 1 saturated carbocycles. The van der Waals surface area contributed by atoms with E-state index in [4.69, 9.17) is 0 Å². The maximum atomic E-state index is 12.4. The number of nitrogens with one attached hydrogen (secondary N) is 1. The lowest BCUT2D eigenvalue weighted by Gasteiger charge is -2.33. The van der Waals surface area contributed by atoms with Crippen molar-refractivity contribution in [1.29, 1.82) is 0 Å². The zero-order valence-electron chi connectivity index (χ0n) is 11.9. The molecule has 1 aliphatic carbocycles. The van der Waals surface area contributed by atoms with Gasteiger partial charge in [0.2, 0.25) is 5.91 Å². The second-order valence-electron chi connectivity index (χ2n) is 5.93. The Morgan fingerprint density at radius 1 is 1.00 bits per heavy atom. The number of hydrogen-bond acceptors (Lipinski definition) is 2. The van der Waals surface area contributed by atoms with Crippen LogP contribution in [0.5, 0.6) is 0 Å².